The molecule has 2 N–H and O–H groups in total. The van der Waals surface area contributed by atoms with Crippen molar-refractivity contribution in [3.63, 3.8) is 0 Å². The quantitative estimate of drug-likeness (QED) is 0.593. The van der Waals surface area contributed by atoms with Crippen molar-refractivity contribution in [2.45, 2.75) is 33.2 Å². The number of nitrogens with zero attached hydrogens (tertiary/aromatic N) is 1. The predicted octanol–water partition coefficient (Wildman–Crippen LogP) is 5.23. The third-order valence-electron chi connectivity index (χ3n) is 5.50. The maximum atomic E-state index is 12.9. The van der Waals surface area contributed by atoms with E-state index in [1.165, 1.54) is 0 Å². The number of carbonyl (C=O) groups is 2. The molecule has 7 heteroatoms. The normalized spacial score (nSPS) is 15.1. The van der Waals surface area contributed by atoms with Crippen molar-refractivity contribution < 1.29 is 9.59 Å². The van der Waals surface area contributed by atoms with Gasteiger partial charge in [-0.3, -0.25) is 14.5 Å². The van der Waals surface area contributed by atoms with E-state index in [1.807, 2.05) is 38.1 Å². The fraction of sp³-hybridized carbons (Fsp3) is 0.417. The Labute approximate surface area is 194 Å². The summed E-state index contributed by atoms with van der Waals surface area (Å²) in [6.07, 6.45) is 1.49. The van der Waals surface area contributed by atoms with E-state index in [0.717, 1.165) is 31.5 Å². The lowest BCUT2D eigenvalue weighted by Crippen LogP contribution is -2.38. The van der Waals surface area contributed by atoms with Gasteiger partial charge < -0.3 is 10.6 Å². The monoisotopic (exact) mass is 461 g/mol. The average molecular weight is 462 g/mol. The topological polar surface area (TPSA) is 61.4 Å². The molecular weight excluding hydrogens is 433 g/mol. The van der Waals surface area contributed by atoms with Gasteiger partial charge in [0.1, 0.15) is 0 Å². The smallest absolute Gasteiger partial charge is 0.253 e. The Morgan fingerprint density at radius 2 is 1.68 bits per heavy atom. The largest absolute Gasteiger partial charge is 0.352 e. The predicted molar refractivity (Wildman–Crippen MR) is 127 cm³/mol. The molecule has 1 aliphatic heterocycles. The molecular formula is C24H29Cl2N3O2. The minimum absolute atomic E-state index is 0.0421. The van der Waals surface area contributed by atoms with Crippen LogP contribution in [0.1, 0.15) is 42.6 Å². The molecule has 0 radical (unpaired) electrons. The molecule has 1 aliphatic rings. The molecule has 0 unspecified atom stereocenters. The zero-order chi connectivity index (χ0) is 22.4. The van der Waals surface area contributed by atoms with Gasteiger partial charge in [0.05, 0.1) is 11.3 Å². The third-order valence-corrected chi connectivity index (χ3v) is 6.21. The average Bonchev–Trinajstić information content (AvgIpc) is 2.75. The van der Waals surface area contributed by atoms with Crippen LogP contribution in [-0.2, 0) is 11.3 Å². The van der Waals surface area contributed by atoms with Gasteiger partial charge in [-0.25, -0.2) is 0 Å². The van der Waals surface area contributed by atoms with E-state index < -0.39 is 0 Å². The van der Waals surface area contributed by atoms with E-state index in [2.05, 4.69) is 15.5 Å². The molecule has 3 rings (SSSR count). The highest BCUT2D eigenvalue weighted by Crippen LogP contribution is 2.28. The van der Waals surface area contributed by atoms with Crippen molar-refractivity contribution in [1.82, 2.24) is 10.2 Å². The number of anilines is 1. The Morgan fingerprint density at radius 3 is 2.32 bits per heavy atom. The molecule has 2 aromatic rings. The Bertz CT molecular complexity index is 905. The maximum Gasteiger partial charge on any atom is 0.253 e. The standard InChI is InChI=1S/C24H29Cl2N3O2/c1-16(2)14-27-24(31)18-6-3-4-9-22(18)28-23(30)17-10-12-29(13-11-17)15-19-20(25)7-5-8-21(19)26/h3-9,16-17H,10-15H2,1-2H3,(H,27,31)(H,28,30). The number of nitrogens with one attached hydrogen (secondary N) is 2. The van der Waals surface area contributed by atoms with Crippen LogP contribution in [0.15, 0.2) is 42.5 Å². The second kappa shape index (κ2) is 11.0. The molecule has 2 amide bonds. The highest BCUT2D eigenvalue weighted by molar-refractivity contribution is 6.35. The van der Waals surface area contributed by atoms with Crippen LogP contribution >= 0.6 is 23.2 Å². The highest BCUT2D eigenvalue weighted by atomic mass is 35.5. The molecule has 0 bridgehead atoms. The van der Waals surface area contributed by atoms with Crippen LogP contribution in [0.2, 0.25) is 10.0 Å². The molecule has 0 saturated carbocycles. The number of halogens is 2. The summed E-state index contributed by atoms with van der Waals surface area (Å²) in [6, 6.07) is 12.7. The van der Waals surface area contributed by atoms with Gasteiger partial charge in [-0.15, -0.1) is 0 Å². The molecule has 5 nitrogen and oxygen atoms in total. The molecule has 1 fully saturated rings. The van der Waals surface area contributed by atoms with Crippen LogP contribution in [0.4, 0.5) is 5.69 Å². The van der Waals surface area contributed by atoms with Gasteiger partial charge in [-0.2, -0.15) is 0 Å². The first-order valence-corrected chi connectivity index (χ1v) is 11.4. The number of hydrogen-bond acceptors (Lipinski definition) is 3. The fourth-order valence-electron chi connectivity index (χ4n) is 3.68. The Morgan fingerprint density at radius 1 is 1.03 bits per heavy atom. The van der Waals surface area contributed by atoms with Gasteiger partial charge in [-0.05, 0) is 56.1 Å². The minimum Gasteiger partial charge on any atom is -0.352 e. The lowest BCUT2D eigenvalue weighted by atomic mass is 9.95. The number of benzene rings is 2. The molecule has 1 heterocycles. The van der Waals surface area contributed by atoms with E-state index in [9.17, 15) is 9.59 Å². The molecule has 0 aromatic heterocycles. The van der Waals surface area contributed by atoms with E-state index in [1.54, 1.807) is 18.2 Å². The Kier molecular flexibility index (Phi) is 8.35. The number of rotatable bonds is 7. The summed E-state index contributed by atoms with van der Waals surface area (Å²) < 4.78 is 0. The summed E-state index contributed by atoms with van der Waals surface area (Å²) in [5.74, 6) is 0.0526. The number of piperidine rings is 1. The van der Waals surface area contributed by atoms with Crippen molar-refractivity contribution >= 4 is 40.7 Å². The first-order valence-electron chi connectivity index (χ1n) is 10.7. The van der Waals surface area contributed by atoms with E-state index >= 15 is 0 Å². The first kappa shape index (κ1) is 23.6. The van der Waals surface area contributed by atoms with Crippen LogP contribution in [0.5, 0.6) is 0 Å². The molecule has 2 aromatic carbocycles. The highest BCUT2D eigenvalue weighted by Gasteiger charge is 2.26. The summed E-state index contributed by atoms with van der Waals surface area (Å²) in [5.41, 5.74) is 1.97. The van der Waals surface area contributed by atoms with E-state index in [-0.39, 0.29) is 17.7 Å². The number of hydrogen-bond donors (Lipinski definition) is 2. The van der Waals surface area contributed by atoms with Crippen LogP contribution in [0.25, 0.3) is 0 Å². The first-order chi connectivity index (χ1) is 14.8. The summed E-state index contributed by atoms with van der Waals surface area (Å²) in [4.78, 5) is 27.7. The Hall–Kier alpha value is -2.08. The second-order valence-corrected chi connectivity index (χ2v) is 9.20. The molecule has 0 aliphatic carbocycles. The van der Waals surface area contributed by atoms with Crippen molar-refractivity contribution in [3.8, 4) is 0 Å². The molecule has 166 valence electrons. The van der Waals surface area contributed by atoms with Crippen molar-refractivity contribution in [2.75, 3.05) is 25.0 Å². The van der Waals surface area contributed by atoms with Gasteiger partial charge in [0.2, 0.25) is 5.91 Å². The van der Waals surface area contributed by atoms with Crippen LogP contribution in [0.3, 0.4) is 0 Å². The SMILES string of the molecule is CC(C)CNC(=O)c1ccccc1NC(=O)C1CCN(Cc2c(Cl)cccc2Cl)CC1. The summed E-state index contributed by atoms with van der Waals surface area (Å²) in [6.45, 7) is 6.92. The Balaban J connectivity index is 1.57. The zero-order valence-electron chi connectivity index (χ0n) is 18.0. The van der Waals surface area contributed by atoms with Gasteiger partial charge in [0.15, 0.2) is 0 Å². The van der Waals surface area contributed by atoms with Crippen molar-refractivity contribution in [3.05, 3.63) is 63.6 Å². The summed E-state index contributed by atoms with van der Waals surface area (Å²) in [7, 11) is 0. The maximum absolute atomic E-state index is 12.9. The third kappa shape index (κ3) is 6.45. The number of likely N-dealkylation sites (tertiary alicyclic amines) is 1. The minimum atomic E-state index is -0.170. The van der Waals surface area contributed by atoms with Crippen LogP contribution < -0.4 is 10.6 Å². The lowest BCUT2D eigenvalue weighted by molar-refractivity contribution is -0.121. The molecule has 0 atom stereocenters. The van der Waals surface area contributed by atoms with E-state index in [4.69, 9.17) is 23.2 Å². The van der Waals surface area contributed by atoms with Crippen molar-refractivity contribution in [1.29, 1.82) is 0 Å². The molecule has 31 heavy (non-hydrogen) atoms. The van der Waals surface area contributed by atoms with Gasteiger partial charge in [-0.1, -0.05) is 55.2 Å². The fourth-order valence-corrected chi connectivity index (χ4v) is 4.19. The number of amides is 2. The second-order valence-electron chi connectivity index (χ2n) is 8.39. The number of carbonyl (C=O) groups excluding carboxylic acids is 2. The van der Waals surface area contributed by atoms with Crippen LogP contribution in [0, 0.1) is 11.8 Å². The van der Waals surface area contributed by atoms with Crippen LogP contribution in [-0.4, -0.2) is 36.3 Å². The summed E-state index contributed by atoms with van der Waals surface area (Å²) in [5, 5.41) is 7.21. The van der Waals surface area contributed by atoms with Crippen molar-refractivity contribution in [2.24, 2.45) is 11.8 Å². The summed E-state index contributed by atoms with van der Waals surface area (Å²) >= 11 is 12.6. The zero-order valence-corrected chi connectivity index (χ0v) is 19.5. The molecule has 1 saturated heterocycles. The lowest BCUT2D eigenvalue weighted by Gasteiger charge is -2.31. The van der Waals surface area contributed by atoms with Gasteiger partial charge in [0, 0.05) is 34.6 Å². The van der Waals surface area contributed by atoms with E-state index in [0.29, 0.717) is 40.3 Å². The number of para-hydroxylation sites is 1. The van der Waals surface area contributed by atoms with Gasteiger partial charge in [0.25, 0.3) is 5.91 Å². The van der Waals surface area contributed by atoms with Gasteiger partial charge >= 0.3 is 0 Å². The molecule has 0 spiro atoms.